The van der Waals surface area contributed by atoms with Crippen molar-refractivity contribution in [1.29, 1.82) is 0 Å². The molecule has 88 valence electrons. The van der Waals surface area contributed by atoms with Gasteiger partial charge in [-0.15, -0.1) is 0 Å². The van der Waals surface area contributed by atoms with Crippen molar-refractivity contribution in [2.24, 2.45) is 10.2 Å². The first-order valence-corrected chi connectivity index (χ1v) is 6.03. The SMILES string of the molecule is CCC1=C(N=Nc2ccccc2)CCCC1=O. The van der Waals surface area contributed by atoms with Crippen LogP contribution in [0.25, 0.3) is 0 Å². The summed E-state index contributed by atoms with van der Waals surface area (Å²) < 4.78 is 0. The molecule has 0 radical (unpaired) electrons. The molecule has 1 aromatic rings. The van der Waals surface area contributed by atoms with Crippen LogP contribution < -0.4 is 0 Å². The second-order valence-corrected chi connectivity index (χ2v) is 4.09. The Hall–Kier alpha value is -1.77. The highest BCUT2D eigenvalue weighted by molar-refractivity contribution is 5.96. The summed E-state index contributed by atoms with van der Waals surface area (Å²) in [6.07, 6.45) is 3.17. The summed E-state index contributed by atoms with van der Waals surface area (Å²) in [5.74, 6) is 0.237. The summed E-state index contributed by atoms with van der Waals surface area (Å²) >= 11 is 0. The van der Waals surface area contributed by atoms with E-state index < -0.39 is 0 Å². The van der Waals surface area contributed by atoms with Crippen molar-refractivity contribution in [2.75, 3.05) is 0 Å². The molecule has 17 heavy (non-hydrogen) atoms. The fourth-order valence-corrected chi connectivity index (χ4v) is 2.00. The number of nitrogens with zero attached hydrogens (tertiary/aromatic N) is 2. The average Bonchev–Trinajstić information content (AvgIpc) is 2.37. The Morgan fingerprint density at radius 3 is 2.59 bits per heavy atom. The van der Waals surface area contributed by atoms with E-state index in [4.69, 9.17) is 0 Å². The maximum absolute atomic E-state index is 11.7. The summed E-state index contributed by atoms with van der Waals surface area (Å²) in [4.78, 5) is 11.7. The topological polar surface area (TPSA) is 41.8 Å². The predicted octanol–water partition coefficient (Wildman–Crippen LogP) is 4.19. The van der Waals surface area contributed by atoms with Gasteiger partial charge < -0.3 is 0 Å². The molecule has 0 saturated heterocycles. The van der Waals surface area contributed by atoms with Crippen LogP contribution in [0, 0.1) is 0 Å². The van der Waals surface area contributed by atoms with Crippen LogP contribution in [-0.4, -0.2) is 5.78 Å². The molecule has 3 nitrogen and oxygen atoms in total. The summed E-state index contributed by atoms with van der Waals surface area (Å²) in [6.45, 7) is 2.00. The highest BCUT2D eigenvalue weighted by Crippen LogP contribution is 2.26. The minimum absolute atomic E-state index is 0.237. The van der Waals surface area contributed by atoms with Crippen LogP contribution in [0.1, 0.15) is 32.6 Å². The molecule has 0 heterocycles. The average molecular weight is 228 g/mol. The minimum atomic E-state index is 0.237. The van der Waals surface area contributed by atoms with Gasteiger partial charge >= 0.3 is 0 Å². The molecular formula is C14H16N2O. The van der Waals surface area contributed by atoms with Gasteiger partial charge in [-0.05, 0) is 31.4 Å². The molecule has 3 heteroatoms. The van der Waals surface area contributed by atoms with Crippen LogP contribution in [-0.2, 0) is 4.79 Å². The molecule has 0 aliphatic heterocycles. The minimum Gasteiger partial charge on any atom is -0.294 e. The van der Waals surface area contributed by atoms with Crippen molar-refractivity contribution in [2.45, 2.75) is 32.6 Å². The second kappa shape index (κ2) is 5.53. The number of carbonyl (C=O) groups excluding carboxylic acids is 1. The van der Waals surface area contributed by atoms with Crippen LogP contribution in [0.15, 0.2) is 51.8 Å². The molecule has 0 atom stereocenters. The van der Waals surface area contributed by atoms with E-state index in [-0.39, 0.29) is 5.78 Å². The number of hydrogen-bond acceptors (Lipinski definition) is 3. The lowest BCUT2D eigenvalue weighted by molar-refractivity contribution is -0.116. The van der Waals surface area contributed by atoms with Gasteiger partial charge in [0, 0.05) is 12.0 Å². The van der Waals surface area contributed by atoms with Gasteiger partial charge in [-0.25, -0.2) is 0 Å². The van der Waals surface area contributed by atoms with Gasteiger partial charge in [-0.3, -0.25) is 4.79 Å². The lowest BCUT2D eigenvalue weighted by Gasteiger charge is -2.13. The van der Waals surface area contributed by atoms with Crippen molar-refractivity contribution < 1.29 is 4.79 Å². The molecule has 1 aromatic carbocycles. The Kier molecular flexibility index (Phi) is 3.81. The zero-order chi connectivity index (χ0) is 12.1. The van der Waals surface area contributed by atoms with E-state index in [2.05, 4.69) is 10.2 Å². The maximum atomic E-state index is 11.7. The first kappa shape index (κ1) is 11.7. The first-order valence-electron chi connectivity index (χ1n) is 6.03. The zero-order valence-corrected chi connectivity index (χ0v) is 10.0. The fourth-order valence-electron chi connectivity index (χ4n) is 2.00. The molecular weight excluding hydrogens is 212 g/mol. The molecule has 0 spiro atoms. The monoisotopic (exact) mass is 228 g/mol. The molecule has 0 saturated carbocycles. The first-order chi connectivity index (χ1) is 8.31. The highest BCUT2D eigenvalue weighted by Gasteiger charge is 2.18. The van der Waals surface area contributed by atoms with E-state index in [1.54, 1.807) is 0 Å². The van der Waals surface area contributed by atoms with Crippen LogP contribution in [0.5, 0.6) is 0 Å². The van der Waals surface area contributed by atoms with Crippen LogP contribution >= 0.6 is 0 Å². The molecule has 0 fully saturated rings. The van der Waals surface area contributed by atoms with Crippen molar-refractivity contribution in [3.05, 3.63) is 41.6 Å². The van der Waals surface area contributed by atoms with Gasteiger partial charge in [0.2, 0.25) is 0 Å². The van der Waals surface area contributed by atoms with Crippen molar-refractivity contribution in [1.82, 2.24) is 0 Å². The second-order valence-electron chi connectivity index (χ2n) is 4.09. The molecule has 0 N–H and O–H groups in total. The van der Waals surface area contributed by atoms with Gasteiger partial charge in [-0.2, -0.15) is 10.2 Å². The molecule has 2 rings (SSSR count). The maximum Gasteiger partial charge on any atom is 0.160 e. The number of azo groups is 1. The smallest absolute Gasteiger partial charge is 0.160 e. The third-order valence-electron chi connectivity index (χ3n) is 2.90. The van der Waals surface area contributed by atoms with Crippen LogP contribution in [0.2, 0.25) is 0 Å². The van der Waals surface area contributed by atoms with E-state index >= 15 is 0 Å². The standard InChI is InChI=1S/C14H16N2O/c1-2-12-13(9-6-10-14(12)17)16-15-11-7-4-3-5-8-11/h3-5,7-8H,2,6,9-10H2,1H3. The summed E-state index contributed by atoms with van der Waals surface area (Å²) in [7, 11) is 0. The molecule has 0 aromatic heterocycles. The summed E-state index contributed by atoms with van der Waals surface area (Å²) in [6, 6.07) is 9.60. The number of hydrogen-bond donors (Lipinski definition) is 0. The number of carbonyl (C=O) groups is 1. The van der Waals surface area contributed by atoms with Gasteiger partial charge in [0.15, 0.2) is 5.78 Å². The molecule has 0 bridgehead atoms. The van der Waals surface area contributed by atoms with E-state index in [1.807, 2.05) is 37.3 Å². The lowest BCUT2D eigenvalue weighted by atomic mass is 9.94. The number of allylic oxidation sites excluding steroid dienone is 2. The largest absolute Gasteiger partial charge is 0.294 e. The van der Waals surface area contributed by atoms with Gasteiger partial charge in [0.25, 0.3) is 0 Å². The van der Waals surface area contributed by atoms with Gasteiger partial charge in [-0.1, -0.05) is 25.1 Å². The van der Waals surface area contributed by atoms with Gasteiger partial charge in [0.1, 0.15) is 0 Å². The molecule has 1 aliphatic rings. The zero-order valence-electron chi connectivity index (χ0n) is 10.0. The fraction of sp³-hybridized carbons (Fsp3) is 0.357. The third-order valence-corrected chi connectivity index (χ3v) is 2.90. The normalized spacial score (nSPS) is 16.9. The predicted molar refractivity (Wildman–Crippen MR) is 67.1 cm³/mol. The Morgan fingerprint density at radius 1 is 1.12 bits per heavy atom. The number of benzene rings is 1. The van der Waals surface area contributed by atoms with E-state index in [9.17, 15) is 4.79 Å². The summed E-state index contributed by atoms with van der Waals surface area (Å²) in [5, 5.41) is 8.42. The third kappa shape index (κ3) is 2.87. The van der Waals surface area contributed by atoms with Gasteiger partial charge in [0.05, 0.1) is 11.4 Å². The highest BCUT2D eigenvalue weighted by atomic mass is 16.1. The van der Waals surface area contributed by atoms with E-state index in [0.29, 0.717) is 6.42 Å². The molecule has 0 amide bonds. The van der Waals surface area contributed by atoms with E-state index in [1.165, 1.54) is 0 Å². The number of Topliss-reactive ketones (excluding diaryl/α,β-unsaturated/α-hetero) is 1. The van der Waals surface area contributed by atoms with Crippen molar-refractivity contribution in [3.63, 3.8) is 0 Å². The Labute approximate surface area is 101 Å². The number of ketones is 1. The quantitative estimate of drug-likeness (QED) is 0.715. The van der Waals surface area contributed by atoms with Crippen LogP contribution in [0.4, 0.5) is 5.69 Å². The Morgan fingerprint density at radius 2 is 1.88 bits per heavy atom. The van der Waals surface area contributed by atoms with Crippen LogP contribution in [0.3, 0.4) is 0 Å². The Bertz CT molecular complexity index is 460. The Balaban J connectivity index is 2.22. The van der Waals surface area contributed by atoms with Crippen molar-refractivity contribution >= 4 is 11.5 Å². The van der Waals surface area contributed by atoms with Crippen molar-refractivity contribution in [3.8, 4) is 0 Å². The molecule has 0 unspecified atom stereocenters. The molecule has 1 aliphatic carbocycles. The lowest BCUT2D eigenvalue weighted by Crippen LogP contribution is -2.09. The summed E-state index contributed by atoms with van der Waals surface area (Å²) in [5.41, 5.74) is 2.55. The number of rotatable bonds is 3. The van der Waals surface area contributed by atoms with E-state index in [0.717, 1.165) is 36.2 Å².